The normalized spacial score (nSPS) is 17.9. The van der Waals surface area contributed by atoms with Crippen LogP contribution in [0.4, 0.5) is 5.69 Å². The first kappa shape index (κ1) is 20.0. The summed E-state index contributed by atoms with van der Waals surface area (Å²) in [5, 5.41) is 11.5. The van der Waals surface area contributed by atoms with Crippen molar-refractivity contribution in [1.29, 1.82) is 0 Å². The monoisotopic (exact) mass is 399 g/mol. The van der Waals surface area contributed by atoms with Crippen LogP contribution in [0.15, 0.2) is 66.7 Å². The van der Waals surface area contributed by atoms with Gasteiger partial charge in [0.2, 0.25) is 0 Å². The quantitative estimate of drug-likeness (QED) is 0.637. The summed E-state index contributed by atoms with van der Waals surface area (Å²) in [6.07, 6.45) is -0.283. The second kappa shape index (κ2) is 7.54. The van der Waals surface area contributed by atoms with Crippen LogP contribution in [-0.2, 0) is 16.9 Å². The molecule has 1 aliphatic heterocycles. The average molecular weight is 399 g/mol. The van der Waals surface area contributed by atoms with Crippen LogP contribution in [0.25, 0.3) is 0 Å². The Kier molecular flexibility index (Phi) is 5.04. The van der Waals surface area contributed by atoms with Crippen molar-refractivity contribution in [2.24, 2.45) is 0 Å². The zero-order valence-electron chi connectivity index (χ0n) is 17.5. The Morgan fingerprint density at radius 3 is 2.33 bits per heavy atom. The molecular weight excluding hydrogens is 374 g/mol. The van der Waals surface area contributed by atoms with Crippen LogP contribution in [0.2, 0.25) is 0 Å². The minimum absolute atomic E-state index is 0.255. The third kappa shape index (κ3) is 3.44. The van der Waals surface area contributed by atoms with Crippen molar-refractivity contribution in [3.63, 3.8) is 0 Å². The molecule has 4 nitrogen and oxygen atoms in total. The molecule has 0 spiro atoms. The lowest BCUT2D eigenvalue weighted by molar-refractivity contribution is -0.136. The van der Waals surface area contributed by atoms with Gasteiger partial charge in [0.1, 0.15) is 0 Å². The highest BCUT2D eigenvalue weighted by atomic mass is 16.3. The number of aryl methyl sites for hydroxylation is 3. The molecule has 0 saturated carbocycles. The number of aliphatic hydroxyl groups is 1. The number of fused-ring (bicyclic) bond motifs is 1. The predicted octanol–water partition coefficient (Wildman–Crippen LogP) is 4.62. The summed E-state index contributed by atoms with van der Waals surface area (Å²) >= 11 is 0. The molecular formula is C26H25NO3. The molecule has 0 fully saturated rings. The maximum atomic E-state index is 13.4. The fourth-order valence-corrected chi connectivity index (χ4v) is 4.05. The Hall–Kier alpha value is -3.24. The molecule has 1 aliphatic rings. The summed E-state index contributed by atoms with van der Waals surface area (Å²) in [6, 6.07) is 20.5. The van der Waals surface area contributed by atoms with Gasteiger partial charge in [-0.25, -0.2) is 0 Å². The number of rotatable bonds is 5. The maximum Gasteiger partial charge on any atom is 0.264 e. The van der Waals surface area contributed by atoms with Crippen molar-refractivity contribution in [3.8, 4) is 0 Å². The molecule has 3 aromatic rings. The second-order valence-corrected chi connectivity index (χ2v) is 8.16. The van der Waals surface area contributed by atoms with Gasteiger partial charge in [0.15, 0.2) is 11.4 Å². The van der Waals surface area contributed by atoms with Crippen LogP contribution >= 0.6 is 0 Å². The first-order chi connectivity index (χ1) is 14.3. The van der Waals surface area contributed by atoms with E-state index in [9.17, 15) is 14.7 Å². The van der Waals surface area contributed by atoms with E-state index >= 15 is 0 Å². The van der Waals surface area contributed by atoms with Crippen molar-refractivity contribution >= 4 is 17.4 Å². The van der Waals surface area contributed by atoms with Gasteiger partial charge in [-0.15, -0.1) is 0 Å². The van der Waals surface area contributed by atoms with Crippen molar-refractivity contribution in [2.75, 3.05) is 4.90 Å². The molecule has 1 amide bonds. The lowest BCUT2D eigenvalue weighted by Crippen LogP contribution is -2.41. The minimum atomic E-state index is -1.86. The van der Waals surface area contributed by atoms with Crippen LogP contribution in [0.3, 0.4) is 0 Å². The molecule has 1 atom stereocenters. The smallest absolute Gasteiger partial charge is 0.264 e. The van der Waals surface area contributed by atoms with Gasteiger partial charge in [-0.2, -0.15) is 0 Å². The maximum absolute atomic E-state index is 13.4. The highest BCUT2D eigenvalue weighted by Crippen LogP contribution is 2.43. The van der Waals surface area contributed by atoms with E-state index in [0.717, 1.165) is 22.3 Å². The Morgan fingerprint density at radius 1 is 0.933 bits per heavy atom. The Labute approximate surface area is 176 Å². The molecule has 0 aromatic heterocycles. The number of amides is 1. The van der Waals surface area contributed by atoms with Crippen LogP contribution in [0, 0.1) is 20.8 Å². The molecule has 30 heavy (non-hydrogen) atoms. The Balaban J connectivity index is 1.69. The number of anilines is 1. The van der Waals surface area contributed by atoms with Crippen LogP contribution in [0.5, 0.6) is 0 Å². The number of ketones is 1. The van der Waals surface area contributed by atoms with E-state index < -0.39 is 11.5 Å². The molecule has 152 valence electrons. The topological polar surface area (TPSA) is 57.6 Å². The van der Waals surface area contributed by atoms with E-state index in [1.54, 1.807) is 29.2 Å². The van der Waals surface area contributed by atoms with Gasteiger partial charge in [0.25, 0.3) is 5.91 Å². The zero-order valence-corrected chi connectivity index (χ0v) is 17.5. The summed E-state index contributed by atoms with van der Waals surface area (Å²) < 4.78 is 0. The third-order valence-corrected chi connectivity index (χ3v) is 5.86. The first-order valence-corrected chi connectivity index (χ1v) is 10.1. The highest BCUT2D eigenvalue weighted by molar-refractivity contribution is 6.10. The number of hydrogen-bond acceptors (Lipinski definition) is 3. The molecule has 0 unspecified atom stereocenters. The SMILES string of the molecule is Cc1ccc(C(=O)C[C@]2(O)C(=O)N(Cc3cc(C)ccc3C)c3ccccc32)cc1. The lowest BCUT2D eigenvalue weighted by atomic mass is 9.88. The van der Waals surface area contributed by atoms with Crippen LogP contribution in [-0.4, -0.2) is 16.8 Å². The second-order valence-electron chi connectivity index (χ2n) is 8.16. The van der Waals surface area contributed by atoms with E-state index in [4.69, 9.17) is 0 Å². The van der Waals surface area contributed by atoms with Gasteiger partial charge in [-0.1, -0.05) is 71.8 Å². The first-order valence-electron chi connectivity index (χ1n) is 10.1. The van der Waals surface area contributed by atoms with Crippen molar-refractivity contribution in [3.05, 3.63) is 100 Å². The van der Waals surface area contributed by atoms with Gasteiger partial charge in [0.05, 0.1) is 18.7 Å². The fourth-order valence-electron chi connectivity index (χ4n) is 4.05. The molecule has 4 rings (SSSR count). The summed E-state index contributed by atoms with van der Waals surface area (Å²) in [4.78, 5) is 27.9. The molecule has 4 heteroatoms. The minimum Gasteiger partial charge on any atom is -0.375 e. The number of Topliss-reactive ketones (excluding diaryl/α,β-unsaturated/α-hetero) is 1. The van der Waals surface area contributed by atoms with Crippen LogP contribution in [0.1, 0.15) is 44.6 Å². The summed E-state index contributed by atoms with van der Waals surface area (Å²) in [5.41, 5.74) is 4.03. The number of hydrogen-bond donors (Lipinski definition) is 1. The summed E-state index contributed by atoms with van der Waals surface area (Å²) in [7, 11) is 0. The number of carbonyl (C=O) groups excluding carboxylic acids is 2. The van der Waals surface area contributed by atoms with E-state index in [1.807, 2.05) is 57.2 Å². The fraction of sp³-hybridized carbons (Fsp3) is 0.231. The number of benzene rings is 3. The van der Waals surface area contributed by atoms with E-state index in [2.05, 4.69) is 6.07 Å². The van der Waals surface area contributed by atoms with Gasteiger partial charge in [-0.05, 0) is 38.0 Å². The van der Waals surface area contributed by atoms with Crippen molar-refractivity contribution < 1.29 is 14.7 Å². The molecule has 0 bridgehead atoms. The van der Waals surface area contributed by atoms with Gasteiger partial charge in [0, 0.05) is 11.1 Å². The van der Waals surface area contributed by atoms with Crippen LogP contribution < -0.4 is 4.90 Å². The largest absolute Gasteiger partial charge is 0.375 e. The predicted molar refractivity (Wildman–Crippen MR) is 118 cm³/mol. The molecule has 0 aliphatic carbocycles. The molecule has 1 N–H and O–H groups in total. The molecule has 0 radical (unpaired) electrons. The van der Waals surface area contributed by atoms with Crippen molar-refractivity contribution in [1.82, 2.24) is 0 Å². The Bertz CT molecular complexity index is 1130. The lowest BCUT2D eigenvalue weighted by Gasteiger charge is -2.23. The number of nitrogens with zero attached hydrogens (tertiary/aromatic N) is 1. The van der Waals surface area contributed by atoms with E-state index in [-0.39, 0.29) is 12.2 Å². The van der Waals surface area contributed by atoms with Gasteiger partial charge in [-0.3, -0.25) is 9.59 Å². The van der Waals surface area contributed by atoms with E-state index in [1.165, 1.54) is 0 Å². The molecule has 1 heterocycles. The highest BCUT2D eigenvalue weighted by Gasteiger charge is 2.50. The molecule has 0 saturated heterocycles. The van der Waals surface area contributed by atoms with Gasteiger partial charge < -0.3 is 10.0 Å². The number of carbonyl (C=O) groups is 2. The van der Waals surface area contributed by atoms with Gasteiger partial charge >= 0.3 is 0 Å². The summed E-state index contributed by atoms with van der Waals surface area (Å²) in [6.45, 7) is 6.32. The zero-order chi connectivity index (χ0) is 21.5. The molecule has 3 aromatic carbocycles. The average Bonchev–Trinajstić information content (AvgIpc) is 2.93. The third-order valence-electron chi connectivity index (χ3n) is 5.86. The number of para-hydroxylation sites is 1. The van der Waals surface area contributed by atoms with Crippen molar-refractivity contribution in [2.45, 2.75) is 39.3 Å². The standard InChI is InChI=1S/C26H25NO3/c1-17-9-12-20(13-10-17)24(28)15-26(30)22-6-4-5-7-23(22)27(25(26)29)16-21-14-18(2)8-11-19(21)3/h4-14,30H,15-16H2,1-3H3/t26-/m1/s1. The Morgan fingerprint density at radius 2 is 1.60 bits per heavy atom. The van der Waals surface area contributed by atoms with E-state index in [0.29, 0.717) is 23.4 Å². The summed E-state index contributed by atoms with van der Waals surface area (Å²) in [5.74, 6) is -0.709.